The van der Waals surface area contributed by atoms with Gasteiger partial charge in [0.2, 0.25) is 10.0 Å². The molecule has 2 unspecified atom stereocenters. The molecule has 0 spiro atoms. The fourth-order valence-electron chi connectivity index (χ4n) is 2.24. The molecule has 0 amide bonds. The summed E-state index contributed by atoms with van der Waals surface area (Å²) in [5.41, 5.74) is 0. The summed E-state index contributed by atoms with van der Waals surface area (Å²) in [4.78, 5) is 0.376. The number of ether oxygens (including phenoxy) is 1. The van der Waals surface area contributed by atoms with Crippen LogP contribution in [0.1, 0.15) is 25.7 Å². The van der Waals surface area contributed by atoms with Crippen LogP contribution in [0.5, 0.6) is 0 Å². The number of rotatable bonds is 6. The van der Waals surface area contributed by atoms with Crippen molar-refractivity contribution < 1.29 is 13.2 Å². The van der Waals surface area contributed by atoms with Crippen LogP contribution < -0.4 is 0 Å². The molecule has 0 bridgehead atoms. The van der Waals surface area contributed by atoms with Crippen molar-refractivity contribution in [2.24, 2.45) is 5.92 Å². The van der Waals surface area contributed by atoms with E-state index in [0.29, 0.717) is 30.4 Å². The zero-order chi connectivity index (χ0) is 12.9. The first-order valence-electron chi connectivity index (χ1n) is 6.01. The van der Waals surface area contributed by atoms with Crippen LogP contribution in [0.2, 0.25) is 0 Å². The van der Waals surface area contributed by atoms with Crippen molar-refractivity contribution in [3.05, 3.63) is 0 Å². The third-order valence-corrected chi connectivity index (χ3v) is 5.18. The first kappa shape index (κ1) is 15.4. The molecule has 2 atom stereocenters. The molecule has 0 aromatic carbocycles. The second kappa shape index (κ2) is 7.07. The fraction of sp³-hybridized carbons (Fsp3) is 1.00. The van der Waals surface area contributed by atoms with Crippen molar-refractivity contribution in [2.75, 3.05) is 33.1 Å². The van der Waals surface area contributed by atoms with E-state index in [1.54, 1.807) is 11.4 Å². The number of piperidine rings is 1. The van der Waals surface area contributed by atoms with Crippen molar-refractivity contribution in [3.8, 4) is 0 Å². The predicted molar refractivity (Wildman–Crippen MR) is 73.0 cm³/mol. The largest absolute Gasteiger partial charge is 0.384 e. The van der Waals surface area contributed by atoms with Gasteiger partial charge in [-0.05, 0) is 31.6 Å². The van der Waals surface area contributed by atoms with Gasteiger partial charge in [-0.15, -0.1) is 0 Å². The molecule has 1 rings (SSSR count). The van der Waals surface area contributed by atoms with Gasteiger partial charge in [-0.2, -0.15) is 0 Å². The van der Waals surface area contributed by atoms with Crippen molar-refractivity contribution in [3.63, 3.8) is 0 Å². The molecule has 102 valence electrons. The van der Waals surface area contributed by atoms with Crippen LogP contribution in [0.4, 0.5) is 0 Å². The number of hydrogen-bond donors (Lipinski definition) is 0. The molecule has 1 aliphatic heterocycles. The Hall–Kier alpha value is 0.350. The van der Waals surface area contributed by atoms with E-state index in [9.17, 15) is 8.42 Å². The van der Waals surface area contributed by atoms with Crippen LogP contribution in [-0.2, 0) is 14.8 Å². The van der Waals surface area contributed by atoms with E-state index in [0.717, 1.165) is 25.7 Å². The summed E-state index contributed by atoms with van der Waals surface area (Å²) in [6, 6.07) is 0. The van der Waals surface area contributed by atoms with E-state index in [2.05, 4.69) is 15.9 Å². The van der Waals surface area contributed by atoms with Crippen molar-refractivity contribution in [2.45, 2.75) is 30.5 Å². The second-order valence-corrected chi connectivity index (χ2v) is 8.04. The third-order valence-electron chi connectivity index (χ3n) is 3.19. The molecule has 17 heavy (non-hydrogen) atoms. The zero-order valence-corrected chi connectivity index (χ0v) is 13.0. The SMILES string of the molecule is COCC(Br)CCC1CCCN(S(C)(=O)=O)C1. The van der Waals surface area contributed by atoms with Gasteiger partial charge in [0.15, 0.2) is 0 Å². The maximum absolute atomic E-state index is 11.5. The average Bonchev–Trinajstić information content (AvgIpc) is 2.26. The Morgan fingerprint density at radius 1 is 1.53 bits per heavy atom. The van der Waals surface area contributed by atoms with Gasteiger partial charge >= 0.3 is 0 Å². The third kappa shape index (κ3) is 5.68. The predicted octanol–water partition coefficient (Wildman–Crippen LogP) is 1.85. The minimum Gasteiger partial charge on any atom is -0.384 e. The van der Waals surface area contributed by atoms with E-state index in [-0.39, 0.29) is 0 Å². The number of methoxy groups -OCH3 is 1. The normalized spacial score (nSPS) is 24.8. The summed E-state index contributed by atoms with van der Waals surface area (Å²) in [6.45, 7) is 2.08. The Labute approximate surface area is 113 Å². The summed E-state index contributed by atoms with van der Waals surface area (Å²) in [7, 11) is -1.32. The quantitative estimate of drug-likeness (QED) is 0.699. The molecule has 1 aliphatic rings. The van der Waals surface area contributed by atoms with E-state index in [1.807, 2.05) is 0 Å². The highest BCUT2D eigenvalue weighted by Crippen LogP contribution is 2.24. The topological polar surface area (TPSA) is 46.6 Å². The molecular formula is C11H22BrNO3S. The Kier molecular flexibility index (Phi) is 6.40. The number of alkyl halides is 1. The van der Waals surface area contributed by atoms with Gasteiger partial charge in [0.05, 0.1) is 12.9 Å². The molecule has 0 aliphatic carbocycles. The van der Waals surface area contributed by atoms with Crippen LogP contribution in [0.15, 0.2) is 0 Å². The van der Waals surface area contributed by atoms with Gasteiger partial charge in [-0.3, -0.25) is 0 Å². The summed E-state index contributed by atoms with van der Waals surface area (Å²) in [6.07, 6.45) is 5.52. The molecule has 4 nitrogen and oxygen atoms in total. The summed E-state index contributed by atoms with van der Waals surface area (Å²) in [5.74, 6) is 0.496. The van der Waals surface area contributed by atoms with E-state index in [4.69, 9.17) is 4.74 Å². The molecule has 0 saturated carbocycles. The fourth-order valence-corrected chi connectivity index (χ4v) is 3.72. The molecule has 1 saturated heterocycles. The Bertz CT molecular complexity index is 321. The summed E-state index contributed by atoms with van der Waals surface area (Å²) in [5, 5.41) is 0. The van der Waals surface area contributed by atoms with Gasteiger partial charge in [0.25, 0.3) is 0 Å². The molecule has 1 heterocycles. The van der Waals surface area contributed by atoms with Crippen LogP contribution in [0.25, 0.3) is 0 Å². The maximum atomic E-state index is 11.5. The monoisotopic (exact) mass is 327 g/mol. The minimum atomic E-state index is -3.01. The van der Waals surface area contributed by atoms with Gasteiger partial charge in [0, 0.05) is 25.0 Å². The van der Waals surface area contributed by atoms with E-state index in [1.165, 1.54) is 6.26 Å². The van der Waals surface area contributed by atoms with Crippen LogP contribution in [-0.4, -0.2) is 50.6 Å². The lowest BCUT2D eigenvalue weighted by Crippen LogP contribution is -2.39. The smallest absolute Gasteiger partial charge is 0.211 e. The Balaban J connectivity index is 2.35. The highest BCUT2D eigenvalue weighted by molar-refractivity contribution is 9.09. The van der Waals surface area contributed by atoms with E-state index >= 15 is 0 Å². The Morgan fingerprint density at radius 3 is 2.82 bits per heavy atom. The molecular weight excluding hydrogens is 306 g/mol. The zero-order valence-electron chi connectivity index (χ0n) is 10.6. The lowest BCUT2D eigenvalue weighted by Gasteiger charge is -2.31. The van der Waals surface area contributed by atoms with Crippen molar-refractivity contribution in [1.82, 2.24) is 4.31 Å². The second-order valence-electron chi connectivity index (χ2n) is 4.76. The van der Waals surface area contributed by atoms with Crippen LogP contribution in [0.3, 0.4) is 0 Å². The molecule has 1 fully saturated rings. The molecule has 0 N–H and O–H groups in total. The standard InChI is InChI=1S/C11H22BrNO3S/c1-16-9-11(12)6-5-10-4-3-7-13(8-10)17(2,14)15/h10-11H,3-9H2,1-2H3. The van der Waals surface area contributed by atoms with Crippen molar-refractivity contribution in [1.29, 1.82) is 0 Å². The molecule has 0 radical (unpaired) electrons. The lowest BCUT2D eigenvalue weighted by molar-refractivity contribution is 0.191. The first-order valence-corrected chi connectivity index (χ1v) is 8.78. The molecule has 6 heteroatoms. The minimum absolute atomic E-state index is 0.376. The maximum Gasteiger partial charge on any atom is 0.211 e. The van der Waals surface area contributed by atoms with Gasteiger partial charge in [-0.1, -0.05) is 15.9 Å². The molecule has 0 aromatic rings. The number of nitrogens with zero attached hydrogens (tertiary/aromatic N) is 1. The first-order chi connectivity index (χ1) is 7.93. The number of hydrogen-bond acceptors (Lipinski definition) is 3. The van der Waals surface area contributed by atoms with Gasteiger partial charge in [0.1, 0.15) is 0 Å². The van der Waals surface area contributed by atoms with Crippen molar-refractivity contribution >= 4 is 26.0 Å². The van der Waals surface area contributed by atoms with Gasteiger partial charge < -0.3 is 4.74 Å². The van der Waals surface area contributed by atoms with Crippen LogP contribution >= 0.6 is 15.9 Å². The average molecular weight is 328 g/mol. The summed E-state index contributed by atoms with van der Waals surface area (Å²) >= 11 is 3.56. The van der Waals surface area contributed by atoms with Gasteiger partial charge in [-0.25, -0.2) is 12.7 Å². The molecule has 0 aromatic heterocycles. The number of halogens is 1. The lowest BCUT2D eigenvalue weighted by atomic mass is 9.94. The van der Waals surface area contributed by atoms with E-state index < -0.39 is 10.0 Å². The van der Waals surface area contributed by atoms with Crippen LogP contribution in [0, 0.1) is 5.92 Å². The highest BCUT2D eigenvalue weighted by atomic mass is 79.9. The Morgan fingerprint density at radius 2 is 2.24 bits per heavy atom. The summed E-state index contributed by atoms with van der Waals surface area (Å²) < 4.78 is 29.6. The highest BCUT2D eigenvalue weighted by Gasteiger charge is 2.25. The number of sulfonamides is 1.